The molecule has 1 N–H and O–H groups in total. The van der Waals surface area contributed by atoms with Crippen molar-refractivity contribution in [1.29, 1.82) is 0 Å². The summed E-state index contributed by atoms with van der Waals surface area (Å²) in [6.45, 7) is 4.96. The number of amides is 1. The number of anilines is 1. The summed E-state index contributed by atoms with van der Waals surface area (Å²) in [5.74, 6) is -0.175. The van der Waals surface area contributed by atoms with Crippen molar-refractivity contribution in [2.75, 3.05) is 11.1 Å². The van der Waals surface area contributed by atoms with Gasteiger partial charge in [0, 0.05) is 46.8 Å². The van der Waals surface area contributed by atoms with Crippen molar-refractivity contribution in [3.63, 3.8) is 0 Å². The van der Waals surface area contributed by atoms with Crippen LogP contribution in [0, 0.1) is 12.7 Å². The van der Waals surface area contributed by atoms with Crippen molar-refractivity contribution >= 4 is 35.1 Å². The minimum absolute atomic E-state index is 0.114. The number of aryl methyl sites for hydroxylation is 1. The van der Waals surface area contributed by atoms with Crippen molar-refractivity contribution < 1.29 is 9.18 Å². The van der Waals surface area contributed by atoms with E-state index in [9.17, 15) is 9.18 Å². The lowest BCUT2D eigenvalue weighted by atomic mass is 10.2. The molecule has 0 aliphatic heterocycles. The van der Waals surface area contributed by atoms with Gasteiger partial charge in [-0.15, -0.1) is 0 Å². The third-order valence-corrected chi connectivity index (χ3v) is 6.15. The van der Waals surface area contributed by atoms with Crippen LogP contribution in [0.5, 0.6) is 0 Å². The molecular weight excluding hydrogens is 465 g/mol. The second kappa shape index (κ2) is 10.1. The molecule has 1 amide bonds. The van der Waals surface area contributed by atoms with Crippen molar-refractivity contribution in [2.24, 2.45) is 0 Å². The molecule has 0 saturated carbocycles. The monoisotopic (exact) mass is 485 g/mol. The third kappa shape index (κ3) is 5.40. The molecule has 0 saturated heterocycles. The number of carbonyl (C=O) groups excluding carboxylic acids is 1. The van der Waals surface area contributed by atoms with Crippen LogP contribution in [0.4, 0.5) is 10.2 Å². The highest BCUT2D eigenvalue weighted by atomic mass is 35.5. The fourth-order valence-electron chi connectivity index (χ4n) is 3.25. The minimum atomic E-state index is -0.403. The maximum Gasteiger partial charge on any atom is 0.236 e. The summed E-state index contributed by atoms with van der Waals surface area (Å²) < 4.78 is 17.4. The van der Waals surface area contributed by atoms with Gasteiger partial charge in [0.2, 0.25) is 5.91 Å². The maximum atomic E-state index is 14.0. The van der Waals surface area contributed by atoms with E-state index >= 15 is 0 Å². The van der Waals surface area contributed by atoms with Gasteiger partial charge >= 0.3 is 0 Å². The standard InChI is InChI=1S/C22H21ClFN7OS/c1-3-31-14(2)15(11-26-31)19-7-9-25-22(27-19)33-13-21(32)28-20-8-10-30(29-20)12-16-17(23)5-4-6-18(16)24/h4-11H,3,12-13H2,1-2H3,(H,28,29,32). The molecule has 0 unspecified atom stereocenters. The number of carbonyl (C=O) groups is 1. The van der Waals surface area contributed by atoms with Gasteiger partial charge in [0.05, 0.1) is 24.2 Å². The minimum Gasteiger partial charge on any atom is -0.308 e. The number of thioether (sulfide) groups is 1. The molecule has 4 aromatic rings. The molecule has 0 aliphatic rings. The molecule has 1 aromatic carbocycles. The first-order valence-electron chi connectivity index (χ1n) is 10.2. The predicted octanol–water partition coefficient (Wildman–Crippen LogP) is 4.44. The van der Waals surface area contributed by atoms with Crippen LogP contribution in [0.1, 0.15) is 18.2 Å². The lowest BCUT2D eigenvalue weighted by Crippen LogP contribution is -2.15. The Hall–Kier alpha value is -3.24. The van der Waals surface area contributed by atoms with Crippen LogP contribution in [0.15, 0.2) is 54.1 Å². The second-order valence-corrected chi connectivity index (χ2v) is 8.47. The Morgan fingerprint density at radius 3 is 2.88 bits per heavy atom. The van der Waals surface area contributed by atoms with Gasteiger partial charge in [-0.25, -0.2) is 14.4 Å². The van der Waals surface area contributed by atoms with Crippen molar-refractivity contribution in [1.82, 2.24) is 29.5 Å². The van der Waals surface area contributed by atoms with Gasteiger partial charge < -0.3 is 5.32 Å². The Morgan fingerprint density at radius 1 is 1.27 bits per heavy atom. The van der Waals surface area contributed by atoms with Gasteiger partial charge in [-0.05, 0) is 32.0 Å². The first-order chi connectivity index (χ1) is 15.9. The number of halogens is 2. The first kappa shape index (κ1) is 22.9. The highest BCUT2D eigenvalue weighted by molar-refractivity contribution is 7.99. The number of nitrogens with one attached hydrogen (secondary N) is 1. The van der Waals surface area contributed by atoms with Gasteiger partial charge in [-0.3, -0.25) is 14.2 Å². The fraction of sp³-hybridized carbons (Fsp3) is 0.227. The average Bonchev–Trinajstić information content (AvgIpc) is 3.41. The molecule has 3 heterocycles. The summed E-state index contributed by atoms with van der Waals surface area (Å²) in [5.41, 5.74) is 3.06. The third-order valence-electron chi connectivity index (χ3n) is 4.93. The Bertz CT molecular complexity index is 1270. The Morgan fingerprint density at radius 2 is 2.12 bits per heavy atom. The Balaban J connectivity index is 1.35. The topological polar surface area (TPSA) is 90.5 Å². The summed E-state index contributed by atoms with van der Waals surface area (Å²) in [7, 11) is 0. The van der Waals surface area contributed by atoms with Crippen molar-refractivity contribution in [2.45, 2.75) is 32.1 Å². The molecule has 0 fully saturated rings. The maximum absolute atomic E-state index is 14.0. The molecule has 0 atom stereocenters. The van der Waals surface area contributed by atoms with Crippen LogP contribution < -0.4 is 5.32 Å². The summed E-state index contributed by atoms with van der Waals surface area (Å²) >= 11 is 7.29. The number of hydrogen-bond acceptors (Lipinski definition) is 6. The van der Waals surface area contributed by atoms with Gasteiger partial charge in [0.1, 0.15) is 5.82 Å². The van der Waals surface area contributed by atoms with Gasteiger partial charge in [-0.2, -0.15) is 10.2 Å². The van der Waals surface area contributed by atoms with Crippen LogP contribution in [-0.4, -0.2) is 41.2 Å². The smallest absolute Gasteiger partial charge is 0.236 e. The second-order valence-electron chi connectivity index (χ2n) is 7.12. The number of hydrogen-bond donors (Lipinski definition) is 1. The van der Waals surface area contributed by atoms with Crippen molar-refractivity contribution in [3.8, 4) is 11.3 Å². The van der Waals surface area contributed by atoms with E-state index < -0.39 is 5.82 Å². The summed E-state index contributed by atoms with van der Waals surface area (Å²) in [6.07, 6.45) is 5.10. The molecule has 11 heteroatoms. The normalized spacial score (nSPS) is 11.0. The first-order valence-corrected chi connectivity index (χ1v) is 11.6. The lowest BCUT2D eigenvalue weighted by Gasteiger charge is -2.06. The van der Waals surface area contributed by atoms with E-state index in [1.54, 1.807) is 36.8 Å². The van der Waals surface area contributed by atoms with E-state index in [4.69, 9.17) is 11.6 Å². The number of nitrogens with zero attached hydrogens (tertiary/aromatic N) is 6. The van der Waals surface area contributed by atoms with Crippen molar-refractivity contribution in [3.05, 3.63) is 71.0 Å². The highest BCUT2D eigenvalue weighted by Gasteiger charge is 2.13. The summed E-state index contributed by atoms with van der Waals surface area (Å²) in [6, 6.07) is 7.98. The van der Waals surface area contributed by atoms with E-state index in [-0.39, 0.29) is 18.2 Å². The molecule has 170 valence electrons. The fourth-order valence-corrected chi connectivity index (χ4v) is 4.10. The molecule has 4 rings (SSSR count). The molecule has 33 heavy (non-hydrogen) atoms. The molecular formula is C22H21ClFN7OS. The Labute approximate surface area is 199 Å². The van der Waals surface area contributed by atoms with Crippen LogP contribution in [0.3, 0.4) is 0 Å². The van der Waals surface area contributed by atoms with Gasteiger partial charge in [0.25, 0.3) is 0 Å². The van der Waals surface area contributed by atoms with Crippen LogP contribution in [-0.2, 0) is 17.9 Å². The summed E-state index contributed by atoms with van der Waals surface area (Å²) in [5, 5.41) is 12.2. The molecule has 0 aliphatic carbocycles. The van der Waals surface area contributed by atoms with Gasteiger partial charge in [0.15, 0.2) is 11.0 Å². The predicted molar refractivity (Wildman–Crippen MR) is 126 cm³/mol. The van der Waals surface area contributed by atoms with E-state index in [0.29, 0.717) is 21.6 Å². The number of rotatable bonds is 8. The van der Waals surface area contributed by atoms with Crippen LogP contribution in [0.2, 0.25) is 5.02 Å². The lowest BCUT2D eigenvalue weighted by molar-refractivity contribution is -0.113. The molecule has 0 bridgehead atoms. The van der Waals surface area contributed by atoms with E-state index in [2.05, 4.69) is 25.5 Å². The van der Waals surface area contributed by atoms with E-state index in [0.717, 1.165) is 23.5 Å². The highest BCUT2D eigenvalue weighted by Crippen LogP contribution is 2.23. The van der Waals surface area contributed by atoms with E-state index in [1.165, 1.54) is 22.5 Å². The van der Waals surface area contributed by atoms with Crippen LogP contribution >= 0.6 is 23.4 Å². The molecule has 8 nitrogen and oxygen atoms in total. The average molecular weight is 486 g/mol. The number of aromatic nitrogens is 6. The molecule has 0 radical (unpaired) electrons. The zero-order valence-corrected chi connectivity index (χ0v) is 19.6. The molecule has 0 spiro atoms. The Kier molecular flexibility index (Phi) is 7.05. The van der Waals surface area contributed by atoms with E-state index in [1.807, 2.05) is 24.6 Å². The quantitative estimate of drug-likeness (QED) is 0.293. The SMILES string of the molecule is CCn1ncc(-c2ccnc(SCC(=O)Nc3ccn(Cc4c(F)cccc4Cl)n3)n2)c1C. The molecule has 3 aromatic heterocycles. The summed E-state index contributed by atoms with van der Waals surface area (Å²) in [4.78, 5) is 21.2. The zero-order chi connectivity index (χ0) is 23.4. The zero-order valence-electron chi connectivity index (χ0n) is 18.0. The van der Waals surface area contributed by atoms with Crippen LogP contribution in [0.25, 0.3) is 11.3 Å². The largest absolute Gasteiger partial charge is 0.308 e. The van der Waals surface area contributed by atoms with Gasteiger partial charge in [-0.1, -0.05) is 29.4 Å². The number of benzene rings is 1.